The van der Waals surface area contributed by atoms with Crippen molar-refractivity contribution in [3.05, 3.63) is 59.4 Å². The minimum atomic E-state index is -0.404. The summed E-state index contributed by atoms with van der Waals surface area (Å²) in [7, 11) is 1.64. The highest BCUT2D eigenvalue weighted by atomic mass is 32.2. The van der Waals surface area contributed by atoms with Crippen LogP contribution in [0.4, 0.5) is 4.39 Å². The highest BCUT2D eigenvalue weighted by molar-refractivity contribution is 7.98. The summed E-state index contributed by atoms with van der Waals surface area (Å²) >= 11 is 1.50. The van der Waals surface area contributed by atoms with Gasteiger partial charge in [0, 0.05) is 17.9 Å². The van der Waals surface area contributed by atoms with Crippen LogP contribution in [0.5, 0.6) is 5.75 Å². The van der Waals surface area contributed by atoms with Crippen LogP contribution < -0.4 is 4.74 Å². The summed E-state index contributed by atoms with van der Waals surface area (Å²) in [5.41, 5.74) is 2.10. The molecular weight excluding hydrogens is 375 g/mol. The van der Waals surface area contributed by atoms with E-state index in [9.17, 15) is 9.65 Å². The van der Waals surface area contributed by atoms with Crippen molar-refractivity contribution in [1.82, 2.24) is 14.8 Å². The van der Waals surface area contributed by atoms with E-state index in [1.807, 2.05) is 24.3 Å². The molecule has 0 aliphatic heterocycles. The maximum Gasteiger partial charge on any atom is 0.191 e. The van der Waals surface area contributed by atoms with Gasteiger partial charge >= 0.3 is 0 Å². The minimum Gasteiger partial charge on any atom is -0.497 e. The molecule has 0 N–H and O–H groups in total. The largest absolute Gasteiger partial charge is 0.497 e. The first-order valence-electron chi connectivity index (χ1n) is 9.05. The lowest BCUT2D eigenvalue weighted by Crippen LogP contribution is -2.03. The fourth-order valence-corrected chi connectivity index (χ4v) is 3.76. The van der Waals surface area contributed by atoms with Gasteiger partial charge in [0.05, 0.1) is 18.7 Å². The van der Waals surface area contributed by atoms with Crippen molar-refractivity contribution in [3.8, 4) is 23.2 Å². The number of hydrogen-bond acceptors (Lipinski definition) is 5. The Bertz CT molecular complexity index is 979. The van der Waals surface area contributed by atoms with E-state index in [0.29, 0.717) is 11.3 Å². The molecule has 0 saturated carbocycles. The van der Waals surface area contributed by atoms with Gasteiger partial charge in [0.2, 0.25) is 0 Å². The van der Waals surface area contributed by atoms with Crippen molar-refractivity contribution < 1.29 is 9.13 Å². The Morgan fingerprint density at radius 1 is 1.18 bits per heavy atom. The fraction of sp³-hybridized carbons (Fsp3) is 0.286. The molecule has 5 nitrogen and oxygen atoms in total. The lowest BCUT2D eigenvalue weighted by atomic mass is 10.1. The molecule has 0 bridgehead atoms. The molecule has 0 aliphatic carbocycles. The number of aromatic nitrogens is 3. The Morgan fingerprint density at radius 3 is 2.64 bits per heavy atom. The summed E-state index contributed by atoms with van der Waals surface area (Å²) in [6.07, 6.45) is 2.07. The Labute approximate surface area is 168 Å². The number of unbranched alkanes of at least 4 members (excludes halogenated alkanes) is 1. The van der Waals surface area contributed by atoms with E-state index in [4.69, 9.17) is 4.74 Å². The number of ether oxygens (including phenoxy) is 1. The fourth-order valence-electron chi connectivity index (χ4n) is 2.79. The first-order valence-corrected chi connectivity index (χ1v) is 10.0. The third kappa shape index (κ3) is 4.52. The van der Waals surface area contributed by atoms with Crippen LogP contribution in [0, 0.1) is 17.1 Å². The van der Waals surface area contributed by atoms with E-state index in [0.717, 1.165) is 47.2 Å². The van der Waals surface area contributed by atoms with Crippen molar-refractivity contribution in [3.63, 3.8) is 0 Å². The lowest BCUT2D eigenvalue weighted by molar-refractivity contribution is 0.415. The molecule has 3 aromatic rings. The van der Waals surface area contributed by atoms with Gasteiger partial charge in [-0.15, -0.1) is 10.2 Å². The summed E-state index contributed by atoms with van der Waals surface area (Å²) in [5, 5.41) is 18.8. The van der Waals surface area contributed by atoms with Crippen molar-refractivity contribution >= 4 is 11.8 Å². The topological polar surface area (TPSA) is 63.7 Å². The quantitative estimate of drug-likeness (QED) is 0.498. The average Bonchev–Trinajstić information content (AvgIpc) is 3.13. The van der Waals surface area contributed by atoms with E-state index in [2.05, 4.69) is 27.8 Å². The lowest BCUT2D eigenvalue weighted by Gasteiger charge is -2.10. The zero-order valence-corrected chi connectivity index (χ0v) is 16.7. The molecule has 0 unspecified atom stereocenters. The van der Waals surface area contributed by atoms with Crippen LogP contribution in [0.1, 0.15) is 30.9 Å². The van der Waals surface area contributed by atoms with Crippen LogP contribution in [0.2, 0.25) is 0 Å². The second-order valence-electron chi connectivity index (χ2n) is 6.24. The zero-order chi connectivity index (χ0) is 19.9. The first-order chi connectivity index (χ1) is 13.7. The number of hydrogen-bond donors (Lipinski definition) is 0. The van der Waals surface area contributed by atoms with Gasteiger partial charge in [0.15, 0.2) is 11.0 Å². The van der Waals surface area contributed by atoms with Crippen molar-refractivity contribution in [2.75, 3.05) is 7.11 Å². The van der Waals surface area contributed by atoms with Gasteiger partial charge in [-0.2, -0.15) is 5.26 Å². The van der Waals surface area contributed by atoms with Gasteiger partial charge in [-0.1, -0.05) is 31.2 Å². The number of nitriles is 1. The predicted octanol–water partition coefficient (Wildman–Crippen LogP) is 5.06. The summed E-state index contributed by atoms with van der Waals surface area (Å²) in [5.74, 6) is 1.71. The third-order valence-electron chi connectivity index (χ3n) is 4.35. The molecule has 0 fully saturated rings. The molecule has 0 saturated heterocycles. The van der Waals surface area contributed by atoms with Crippen LogP contribution in [0.3, 0.4) is 0 Å². The Morgan fingerprint density at radius 2 is 1.96 bits per heavy atom. The molecule has 28 heavy (non-hydrogen) atoms. The summed E-state index contributed by atoms with van der Waals surface area (Å²) in [4.78, 5) is 0. The van der Waals surface area contributed by atoms with Gasteiger partial charge in [-0.25, -0.2) is 4.39 Å². The third-order valence-corrected chi connectivity index (χ3v) is 5.37. The molecule has 144 valence electrons. The number of methoxy groups -OCH3 is 1. The Balaban J connectivity index is 1.86. The molecular formula is C21H21FN4OS. The van der Waals surface area contributed by atoms with E-state index in [1.165, 1.54) is 23.9 Å². The van der Waals surface area contributed by atoms with Gasteiger partial charge in [-0.05, 0) is 48.4 Å². The minimum absolute atomic E-state index is 0.350. The van der Waals surface area contributed by atoms with E-state index >= 15 is 0 Å². The van der Waals surface area contributed by atoms with Gasteiger partial charge in [0.25, 0.3) is 0 Å². The van der Waals surface area contributed by atoms with Gasteiger partial charge in [-0.3, -0.25) is 0 Å². The number of benzene rings is 2. The molecule has 0 aliphatic rings. The smallest absolute Gasteiger partial charge is 0.191 e. The standard InChI is InChI=1S/C21H21FN4OS/c1-3-4-11-26-20(15-6-9-19(27-2)10-7-15)24-25-21(26)28-14-16-5-8-18(22)12-17(16)13-23/h5-10,12H,3-4,11,14H2,1-2H3. The van der Waals surface area contributed by atoms with Crippen LogP contribution >= 0.6 is 11.8 Å². The number of nitrogens with zero attached hydrogens (tertiary/aromatic N) is 4. The van der Waals surface area contributed by atoms with E-state index < -0.39 is 5.82 Å². The maximum atomic E-state index is 13.4. The highest BCUT2D eigenvalue weighted by Crippen LogP contribution is 2.29. The summed E-state index contributed by atoms with van der Waals surface area (Å²) in [6, 6.07) is 14.1. The molecule has 1 heterocycles. The SMILES string of the molecule is CCCCn1c(SCc2ccc(F)cc2C#N)nnc1-c1ccc(OC)cc1. The molecule has 3 rings (SSSR count). The highest BCUT2D eigenvalue weighted by Gasteiger charge is 2.15. The molecule has 2 aromatic carbocycles. The maximum absolute atomic E-state index is 13.4. The van der Waals surface area contributed by atoms with Gasteiger partial charge in [0.1, 0.15) is 11.6 Å². The first kappa shape index (κ1) is 19.9. The number of thioether (sulfide) groups is 1. The Hall–Kier alpha value is -2.85. The zero-order valence-electron chi connectivity index (χ0n) is 15.9. The molecule has 7 heteroatoms. The Kier molecular flexibility index (Phi) is 6.66. The second kappa shape index (κ2) is 9.38. The van der Waals surface area contributed by atoms with Crippen molar-refractivity contribution in [2.24, 2.45) is 0 Å². The number of rotatable bonds is 8. The van der Waals surface area contributed by atoms with Crippen LogP contribution in [-0.4, -0.2) is 21.9 Å². The summed E-state index contributed by atoms with van der Waals surface area (Å²) in [6.45, 7) is 2.95. The molecule has 0 radical (unpaired) electrons. The summed E-state index contributed by atoms with van der Waals surface area (Å²) < 4.78 is 20.7. The van der Waals surface area contributed by atoms with E-state index in [-0.39, 0.29) is 0 Å². The predicted molar refractivity (Wildman–Crippen MR) is 108 cm³/mol. The van der Waals surface area contributed by atoms with E-state index in [1.54, 1.807) is 13.2 Å². The normalized spacial score (nSPS) is 10.6. The molecule has 0 amide bonds. The van der Waals surface area contributed by atoms with Gasteiger partial charge < -0.3 is 9.30 Å². The molecule has 1 aromatic heterocycles. The average molecular weight is 396 g/mol. The van der Waals surface area contributed by atoms with Crippen LogP contribution in [-0.2, 0) is 12.3 Å². The molecule has 0 spiro atoms. The van der Waals surface area contributed by atoms with Crippen molar-refractivity contribution in [2.45, 2.75) is 37.2 Å². The van der Waals surface area contributed by atoms with Crippen LogP contribution in [0.25, 0.3) is 11.4 Å². The monoisotopic (exact) mass is 396 g/mol. The second-order valence-corrected chi connectivity index (χ2v) is 7.18. The molecule has 0 atom stereocenters. The van der Waals surface area contributed by atoms with Crippen LogP contribution in [0.15, 0.2) is 47.6 Å². The number of halogens is 1. The van der Waals surface area contributed by atoms with Crippen molar-refractivity contribution in [1.29, 1.82) is 5.26 Å².